The van der Waals surface area contributed by atoms with E-state index in [0.29, 0.717) is 0 Å². The number of aromatic nitrogens is 2. The first kappa shape index (κ1) is 24.3. The van der Waals surface area contributed by atoms with Crippen molar-refractivity contribution in [1.29, 1.82) is 0 Å². The molecule has 0 N–H and O–H groups in total. The molecule has 40 heavy (non-hydrogen) atoms. The summed E-state index contributed by atoms with van der Waals surface area (Å²) in [7, 11) is 4.07. The predicted molar refractivity (Wildman–Crippen MR) is 163 cm³/mol. The second-order valence-corrected chi connectivity index (χ2v) is 11.0. The largest absolute Gasteiger partial charge is 0.447 e. The molecule has 3 aromatic carbocycles. The lowest BCUT2D eigenvalue weighted by atomic mass is 9.70. The number of ether oxygens (including phenoxy) is 1. The van der Waals surface area contributed by atoms with Crippen LogP contribution in [0.4, 0.5) is 5.69 Å². The molecule has 4 nitrogen and oxygen atoms in total. The van der Waals surface area contributed by atoms with E-state index in [9.17, 15) is 0 Å². The van der Waals surface area contributed by atoms with Crippen LogP contribution in [0.25, 0.3) is 22.4 Å². The minimum atomic E-state index is -0.551. The maximum atomic E-state index is 6.48. The van der Waals surface area contributed by atoms with E-state index in [1.807, 2.05) is 44.7 Å². The molecule has 0 unspecified atom stereocenters. The van der Waals surface area contributed by atoms with Crippen LogP contribution < -0.4 is 9.64 Å². The topological polar surface area (TPSA) is 38.2 Å². The quantitative estimate of drug-likeness (QED) is 0.213. The van der Waals surface area contributed by atoms with Crippen molar-refractivity contribution in [3.63, 3.8) is 0 Å². The highest BCUT2D eigenvalue weighted by molar-refractivity contribution is 7.12. The van der Waals surface area contributed by atoms with Gasteiger partial charge in [0, 0.05) is 49.2 Å². The zero-order valence-electron chi connectivity index (χ0n) is 22.3. The minimum Gasteiger partial charge on any atom is -0.447 e. The van der Waals surface area contributed by atoms with Crippen LogP contribution in [0, 0.1) is 0 Å². The first-order valence-electron chi connectivity index (χ1n) is 13.3. The number of benzene rings is 3. The molecular weight excluding hydrogens is 510 g/mol. The molecule has 3 aromatic heterocycles. The fraction of sp³-hybridized carbons (Fsp3) is 0.0857. The molecule has 0 amide bonds. The summed E-state index contributed by atoms with van der Waals surface area (Å²) in [6.07, 6.45) is 3.73. The highest BCUT2D eigenvalue weighted by Crippen LogP contribution is 2.55. The van der Waals surface area contributed by atoms with Crippen molar-refractivity contribution in [3.05, 3.63) is 149 Å². The monoisotopic (exact) mass is 537 g/mol. The second-order valence-electron chi connectivity index (χ2n) is 10.1. The van der Waals surface area contributed by atoms with Crippen LogP contribution in [0.15, 0.2) is 127 Å². The van der Waals surface area contributed by atoms with Crippen LogP contribution in [0.1, 0.15) is 22.4 Å². The van der Waals surface area contributed by atoms with Gasteiger partial charge in [-0.05, 0) is 64.2 Å². The Bertz CT molecular complexity index is 1780. The fourth-order valence-electron chi connectivity index (χ4n) is 5.82. The molecule has 0 atom stereocenters. The van der Waals surface area contributed by atoms with Gasteiger partial charge in [0.05, 0.1) is 16.8 Å². The van der Waals surface area contributed by atoms with E-state index >= 15 is 0 Å². The van der Waals surface area contributed by atoms with Gasteiger partial charge in [-0.2, -0.15) is 0 Å². The summed E-state index contributed by atoms with van der Waals surface area (Å²) in [5.41, 5.74) is 9.61. The molecule has 3 heterocycles. The van der Waals surface area contributed by atoms with Crippen LogP contribution in [-0.4, -0.2) is 24.1 Å². The van der Waals surface area contributed by atoms with E-state index in [0.717, 1.165) is 39.0 Å². The van der Waals surface area contributed by atoms with Gasteiger partial charge in [0.15, 0.2) is 5.06 Å². The Hall–Kier alpha value is -4.74. The van der Waals surface area contributed by atoms with E-state index in [4.69, 9.17) is 9.72 Å². The smallest absolute Gasteiger partial charge is 0.181 e. The van der Waals surface area contributed by atoms with Crippen LogP contribution in [-0.2, 0) is 5.41 Å². The molecule has 0 fully saturated rings. The molecule has 6 aromatic rings. The maximum absolute atomic E-state index is 6.48. The van der Waals surface area contributed by atoms with Crippen molar-refractivity contribution in [3.8, 4) is 33.2 Å². The highest BCUT2D eigenvalue weighted by atomic mass is 32.1. The molecule has 0 radical (unpaired) electrons. The average Bonchev–Trinajstić information content (AvgIpc) is 3.59. The third-order valence-corrected chi connectivity index (χ3v) is 8.42. The first-order valence-corrected chi connectivity index (χ1v) is 14.1. The summed E-state index contributed by atoms with van der Waals surface area (Å²) in [6.45, 7) is 0. The van der Waals surface area contributed by atoms with Crippen molar-refractivity contribution < 1.29 is 4.74 Å². The van der Waals surface area contributed by atoms with Gasteiger partial charge in [0.1, 0.15) is 5.75 Å². The van der Waals surface area contributed by atoms with Gasteiger partial charge in [0.25, 0.3) is 0 Å². The number of pyridine rings is 2. The lowest BCUT2D eigenvalue weighted by molar-refractivity contribution is 0.495. The van der Waals surface area contributed by atoms with Crippen molar-refractivity contribution in [2.75, 3.05) is 19.0 Å². The molecule has 5 heteroatoms. The van der Waals surface area contributed by atoms with Crippen LogP contribution in [0.5, 0.6) is 10.8 Å². The van der Waals surface area contributed by atoms with E-state index < -0.39 is 5.41 Å². The molecule has 0 saturated heterocycles. The summed E-state index contributed by atoms with van der Waals surface area (Å²) in [5, 5.41) is 2.92. The standard InChI is InChI=1S/C35H27N3OS/c1-38(2)26-17-19-36-32(22-26)24-20-34(40-23-24)39-27-11-9-10-25(21-27)35(33-16-7-8-18-37-33)30-14-5-3-12-28(30)29-13-4-6-15-31(29)35/h3-23H,1-2H3. The zero-order chi connectivity index (χ0) is 27.1. The molecule has 0 aliphatic heterocycles. The summed E-state index contributed by atoms with van der Waals surface area (Å²) in [6, 6.07) is 38.2. The van der Waals surface area contributed by atoms with Crippen LogP contribution in [0.2, 0.25) is 0 Å². The second kappa shape index (κ2) is 9.78. The molecule has 0 saturated carbocycles. The molecular formula is C35H27N3OS. The van der Waals surface area contributed by atoms with Gasteiger partial charge in [-0.15, -0.1) is 11.3 Å². The molecule has 1 aliphatic carbocycles. The first-order chi connectivity index (χ1) is 19.6. The van der Waals surface area contributed by atoms with Crippen LogP contribution >= 0.6 is 11.3 Å². The Labute approximate surface area is 238 Å². The number of hydrogen-bond acceptors (Lipinski definition) is 5. The van der Waals surface area contributed by atoms with Crippen LogP contribution in [0.3, 0.4) is 0 Å². The maximum Gasteiger partial charge on any atom is 0.181 e. The highest BCUT2D eigenvalue weighted by Gasteiger charge is 2.47. The van der Waals surface area contributed by atoms with E-state index in [1.165, 1.54) is 22.3 Å². The van der Waals surface area contributed by atoms with E-state index in [2.05, 4.69) is 106 Å². The summed E-state index contributed by atoms with van der Waals surface area (Å²) < 4.78 is 6.48. The Morgan fingerprint density at radius 3 is 2.17 bits per heavy atom. The number of thiophene rings is 1. The van der Waals surface area contributed by atoms with Crippen molar-refractivity contribution in [2.45, 2.75) is 5.41 Å². The fourth-order valence-corrected chi connectivity index (χ4v) is 6.59. The van der Waals surface area contributed by atoms with Crippen molar-refractivity contribution in [2.24, 2.45) is 0 Å². The van der Waals surface area contributed by atoms with Gasteiger partial charge >= 0.3 is 0 Å². The summed E-state index contributed by atoms with van der Waals surface area (Å²) >= 11 is 1.58. The number of rotatable bonds is 6. The van der Waals surface area contributed by atoms with Gasteiger partial charge in [0.2, 0.25) is 0 Å². The molecule has 7 rings (SSSR count). The normalized spacial score (nSPS) is 12.9. The molecule has 1 aliphatic rings. The van der Waals surface area contributed by atoms with E-state index in [1.54, 1.807) is 11.3 Å². The third kappa shape index (κ3) is 3.90. The number of nitrogens with zero attached hydrogens (tertiary/aromatic N) is 3. The van der Waals surface area contributed by atoms with Gasteiger partial charge < -0.3 is 9.64 Å². The van der Waals surface area contributed by atoms with Crippen molar-refractivity contribution >= 4 is 17.0 Å². The lowest BCUT2D eigenvalue weighted by Crippen LogP contribution is -2.29. The van der Waals surface area contributed by atoms with Gasteiger partial charge in [-0.1, -0.05) is 66.7 Å². The summed E-state index contributed by atoms with van der Waals surface area (Å²) in [4.78, 5) is 11.6. The lowest BCUT2D eigenvalue weighted by Gasteiger charge is -2.32. The molecule has 0 bridgehead atoms. The number of hydrogen-bond donors (Lipinski definition) is 0. The van der Waals surface area contributed by atoms with Gasteiger partial charge in [-0.25, -0.2) is 0 Å². The molecule has 194 valence electrons. The summed E-state index contributed by atoms with van der Waals surface area (Å²) in [5.74, 6) is 0.790. The third-order valence-electron chi connectivity index (χ3n) is 7.62. The zero-order valence-corrected chi connectivity index (χ0v) is 23.1. The minimum absolute atomic E-state index is 0.551. The molecule has 0 spiro atoms. The Kier molecular flexibility index (Phi) is 5.94. The average molecular weight is 538 g/mol. The van der Waals surface area contributed by atoms with E-state index in [-0.39, 0.29) is 0 Å². The Morgan fingerprint density at radius 1 is 0.700 bits per heavy atom. The predicted octanol–water partition coefficient (Wildman–Crippen LogP) is 8.43. The number of anilines is 1. The Balaban J connectivity index is 1.32. The van der Waals surface area contributed by atoms with Gasteiger partial charge in [-0.3, -0.25) is 9.97 Å². The SMILES string of the molecule is CN(C)c1ccnc(-c2csc(Oc3cccc(C4(c5ccccn5)c5ccccc5-c5ccccc54)c3)c2)c1. The Morgan fingerprint density at radius 2 is 1.45 bits per heavy atom. The number of fused-ring (bicyclic) bond motifs is 3. The van der Waals surface area contributed by atoms with Crippen molar-refractivity contribution in [1.82, 2.24) is 9.97 Å².